The molecule has 1 atom stereocenters. The van der Waals surface area contributed by atoms with E-state index in [9.17, 15) is 9.59 Å². The molecule has 3 heterocycles. The Morgan fingerprint density at radius 3 is 2.66 bits per heavy atom. The predicted octanol–water partition coefficient (Wildman–Crippen LogP) is 6.26. The van der Waals surface area contributed by atoms with Gasteiger partial charge in [0.2, 0.25) is 0 Å². The van der Waals surface area contributed by atoms with Gasteiger partial charge in [-0.25, -0.2) is 0 Å². The number of Topliss-reactive ketones (excluding diaryl/α,β-unsaturated/α-hetero) is 1. The Hall–Kier alpha value is -0.891. The van der Waals surface area contributed by atoms with Crippen molar-refractivity contribution in [3.63, 3.8) is 0 Å². The van der Waals surface area contributed by atoms with Gasteiger partial charge in [-0.2, -0.15) is 0 Å². The minimum atomic E-state index is -0.316. The van der Waals surface area contributed by atoms with Crippen molar-refractivity contribution in [2.75, 3.05) is 13.1 Å². The van der Waals surface area contributed by atoms with Crippen LogP contribution < -0.4 is 0 Å². The van der Waals surface area contributed by atoms with Gasteiger partial charge in [0.15, 0.2) is 0 Å². The summed E-state index contributed by atoms with van der Waals surface area (Å²) in [4.78, 5) is 27.7. The van der Waals surface area contributed by atoms with Gasteiger partial charge in [-0.3, -0.25) is 0 Å². The van der Waals surface area contributed by atoms with Crippen molar-refractivity contribution in [1.82, 2.24) is 14.7 Å². The first-order valence-electron chi connectivity index (χ1n) is 10.0. The molecule has 0 aliphatic carbocycles. The number of amides is 1. The average Bonchev–Trinajstić information content (AvgIpc) is 3.30. The molecule has 1 saturated heterocycles. The van der Waals surface area contributed by atoms with Gasteiger partial charge in [0, 0.05) is 0 Å². The van der Waals surface area contributed by atoms with Gasteiger partial charge in [0.25, 0.3) is 0 Å². The number of hydrogen-bond donors (Lipinski definition) is 0. The molecule has 0 saturated carbocycles. The molecule has 10 heteroatoms. The third-order valence-electron chi connectivity index (χ3n) is 5.36. The molecule has 0 N–H and O–H groups in total. The zero-order valence-electron chi connectivity index (χ0n) is 17.1. The quantitative estimate of drug-likeness (QED) is 0.184. The Morgan fingerprint density at radius 2 is 2.00 bits per heavy atom. The van der Waals surface area contributed by atoms with Gasteiger partial charge in [0.05, 0.1) is 0 Å². The molecular formula is C22H19Br2Cl2N3O2Se. The van der Waals surface area contributed by atoms with E-state index in [0.717, 1.165) is 26.3 Å². The van der Waals surface area contributed by atoms with Gasteiger partial charge in [0.1, 0.15) is 0 Å². The fourth-order valence-corrected chi connectivity index (χ4v) is 7.92. The second kappa shape index (κ2) is 10.2. The molecule has 32 heavy (non-hydrogen) atoms. The first-order valence-corrected chi connectivity index (χ1v) is 14.1. The number of benzene rings is 1. The molecule has 5 nitrogen and oxygen atoms in total. The predicted molar refractivity (Wildman–Crippen MR) is 135 cm³/mol. The van der Waals surface area contributed by atoms with E-state index in [0.29, 0.717) is 39.2 Å². The Bertz CT molecular complexity index is 1190. The Labute approximate surface area is 219 Å². The second-order valence-electron chi connectivity index (χ2n) is 7.81. The van der Waals surface area contributed by atoms with E-state index >= 15 is 0 Å². The summed E-state index contributed by atoms with van der Waals surface area (Å²) < 4.78 is 4.35. The maximum atomic E-state index is 13.2. The molecule has 2 aromatic heterocycles. The SMILES string of the molecule is CC1CCCN(C(=O)CC(=O)c2nn(-c3ccc(Cl)cc3Cl)c(-c3ccc(Br)[se]3)c2Br)C1. The van der Waals surface area contributed by atoms with Gasteiger partial charge < -0.3 is 0 Å². The molecule has 1 amide bonds. The maximum absolute atomic E-state index is 13.2. The van der Waals surface area contributed by atoms with Crippen molar-refractivity contribution < 1.29 is 9.59 Å². The normalized spacial score (nSPS) is 16.4. The van der Waals surface area contributed by atoms with Crippen molar-refractivity contribution in [2.24, 2.45) is 5.92 Å². The summed E-state index contributed by atoms with van der Waals surface area (Å²) >= 11 is 19.7. The number of hydrogen-bond acceptors (Lipinski definition) is 3. The second-order valence-corrected chi connectivity index (χ2v) is 13.8. The average molecular weight is 667 g/mol. The van der Waals surface area contributed by atoms with Crippen molar-refractivity contribution >= 4 is 81.3 Å². The summed E-state index contributed by atoms with van der Waals surface area (Å²) in [5.41, 5.74) is 1.59. The first-order chi connectivity index (χ1) is 15.2. The molecular weight excluding hydrogens is 648 g/mol. The van der Waals surface area contributed by atoms with E-state index < -0.39 is 0 Å². The summed E-state index contributed by atoms with van der Waals surface area (Å²) in [6.07, 6.45) is 1.87. The molecule has 0 spiro atoms. The summed E-state index contributed by atoms with van der Waals surface area (Å²) in [6.45, 7) is 3.53. The number of carbonyl (C=O) groups is 2. The molecule has 0 bridgehead atoms. The van der Waals surface area contributed by atoms with Gasteiger partial charge in [-0.15, -0.1) is 0 Å². The van der Waals surface area contributed by atoms with Crippen molar-refractivity contribution in [3.8, 4) is 15.8 Å². The van der Waals surface area contributed by atoms with Crippen LogP contribution in [0.5, 0.6) is 0 Å². The first kappa shape index (κ1) is 24.2. The van der Waals surface area contributed by atoms with E-state index in [1.807, 2.05) is 12.1 Å². The molecule has 1 aliphatic rings. The van der Waals surface area contributed by atoms with Crippen molar-refractivity contribution in [1.29, 1.82) is 0 Å². The number of aromatic nitrogens is 2. The molecule has 1 aliphatic heterocycles. The van der Waals surface area contributed by atoms with Crippen LogP contribution >= 0.6 is 55.1 Å². The standard InChI is InChI=1S/C22H19Br2Cl2N3O2Se/c1-12-3-2-8-28(11-12)19(31)10-16(30)21-20(24)22(17-6-7-18(23)32-17)29(27-21)15-5-4-13(25)9-14(15)26/h4-7,9,12H,2-3,8,10-11H2,1H3. The van der Waals surface area contributed by atoms with E-state index in [2.05, 4.69) is 43.9 Å². The molecule has 0 radical (unpaired) electrons. The zero-order valence-corrected chi connectivity index (χ0v) is 23.5. The van der Waals surface area contributed by atoms with Crippen LogP contribution in [0.1, 0.15) is 36.7 Å². The van der Waals surface area contributed by atoms with Crippen LogP contribution in [0.2, 0.25) is 10.0 Å². The Kier molecular flexibility index (Phi) is 7.70. The van der Waals surface area contributed by atoms with Crippen LogP contribution in [0.3, 0.4) is 0 Å². The van der Waals surface area contributed by atoms with E-state index in [1.165, 1.54) is 0 Å². The van der Waals surface area contributed by atoms with Crippen LogP contribution in [0.25, 0.3) is 15.8 Å². The van der Waals surface area contributed by atoms with Gasteiger partial charge in [-0.05, 0) is 0 Å². The number of ketones is 1. The van der Waals surface area contributed by atoms with Crippen molar-refractivity contribution in [2.45, 2.75) is 26.2 Å². The molecule has 168 valence electrons. The molecule has 1 unspecified atom stereocenters. The van der Waals surface area contributed by atoms with E-state index in [-0.39, 0.29) is 38.3 Å². The van der Waals surface area contributed by atoms with Crippen LogP contribution in [-0.2, 0) is 4.79 Å². The van der Waals surface area contributed by atoms with Crippen LogP contribution in [0.4, 0.5) is 0 Å². The summed E-state index contributed by atoms with van der Waals surface area (Å²) in [6, 6.07) is 9.13. The third-order valence-corrected chi connectivity index (χ3v) is 9.60. The Morgan fingerprint density at radius 1 is 1.22 bits per heavy atom. The molecule has 1 aromatic carbocycles. The number of likely N-dealkylation sites (tertiary alicyclic amines) is 1. The monoisotopic (exact) mass is 665 g/mol. The summed E-state index contributed by atoms with van der Waals surface area (Å²) in [5, 5.41) is 5.54. The minimum absolute atomic E-state index is 0.0271. The van der Waals surface area contributed by atoms with E-state index in [1.54, 1.807) is 27.8 Å². The zero-order chi connectivity index (χ0) is 23.0. The van der Waals surface area contributed by atoms with E-state index in [4.69, 9.17) is 23.2 Å². The number of carbonyl (C=O) groups excluding carboxylic acids is 2. The molecule has 1 fully saturated rings. The van der Waals surface area contributed by atoms with Gasteiger partial charge >= 0.3 is 220 Å². The Balaban J connectivity index is 1.72. The molecule has 4 rings (SSSR count). The number of rotatable bonds is 5. The van der Waals surface area contributed by atoms with Gasteiger partial charge in [-0.1, -0.05) is 0 Å². The fraction of sp³-hybridized carbons (Fsp3) is 0.318. The number of nitrogens with zero attached hydrogens (tertiary/aromatic N) is 3. The summed E-state index contributed by atoms with van der Waals surface area (Å²) in [7, 11) is 0. The number of halogens is 4. The van der Waals surface area contributed by atoms with Crippen LogP contribution in [-0.4, -0.2) is 54.0 Å². The number of piperidine rings is 1. The third kappa shape index (κ3) is 5.11. The topological polar surface area (TPSA) is 55.2 Å². The fourth-order valence-electron chi connectivity index (χ4n) is 3.81. The molecule has 3 aromatic rings. The van der Waals surface area contributed by atoms with Crippen LogP contribution in [0.15, 0.2) is 38.2 Å². The summed E-state index contributed by atoms with van der Waals surface area (Å²) in [5.74, 6) is -0.0130. The van der Waals surface area contributed by atoms with Crippen LogP contribution in [0, 0.1) is 5.92 Å². The van der Waals surface area contributed by atoms with Crippen molar-refractivity contribution in [3.05, 3.63) is 53.9 Å².